The van der Waals surface area contributed by atoms with E-state index in [-0.39, 0.29) is 0 Å². The molecule has 0 unspecified atom stereocenters. The van der Waals surface area contributed by atoms with Gasteiger partial charge in [0.25, 0.3) is 0 Å². The Morgan fingerprint density at radius 2 is 2.14 bits per heavy atom. The fourth-order valence-corrected chi connectivity index (χ4v) is 1.05. The maximum Gasteiger partial charge on any atom is 0.0826 e. The van der Waals surface area contributed by atoms with Crippen LogP contribution in [0.3, 0.4) is 0 Å². The van der Waals surface area contributed by atoms with Gasteiger partial charge >= 0.3 is 0 Å². The molecule has 1 N–H and O–H groups in total. The van der Waals surface area contributed by atoms with Crippen molar-refractivity contribution in [2.45, 2.75) is 0 Å². The Morgan fingerprint density at radius 3 is 2.86 bits per heavy atom. The summed E-state index contributed by atoms with van der Waals surface area (Å²) < 4.78 is 0. The molecule has 0 amide bonds. The van der Waals surface area contributed by atoms with Crippen LogP contribution < -0.4 is 5.48 Å². The van der Waals surface area contributed by atoms with E-state index in [4.69, 9.17) is 4.94 Å². The summed E-state index contributed by atoms with van der Waals surface area (Å²) in [6, 6.07) is 9.71. The molecule has 0 spiro atoms. The smallest absolute Gasteiger partial charge is 0.0826 e. The first-order chi connectivity index (χ1) is 6.95. The van der Waals surface area contributed by atoms with Gasteiger partial charge in [-0.25, -0.2) is 10.5 Å². The van der Waals surface area contributed by atoms with Crippen LogP contribution in [0.2, 0.25) is 0 Å². The molecule has 1 aliphatic heterocycles. The standard InChI is InChI=1S/C10H11N3O/c1-2-4-10(5-3-1)12-14-13-8-6-11-7-9-13/h1-8,12H,9H2. The van der Waals surface area contributed by atoms with Gasteiger partial charge in [-0.2, -0.15) is 4.94 Å². The molecule has 1 aromatic carbocycles. The van der Waals surface area contributed by atoms with E-state index in [0.717, 1.165) is 5.69 Å². The Hall–Kier alpha value is -1.81. The Bertz CT molecular complexity index is 334. The van der Waals surface area contributed by atoms with E-state index in [1.165, 1.54) is 0 Å². The molecule has 4 heteroatoms. The molecule has 0 radical (unpaired) electrons. The summed E-state index contributed by atoms with van der Waals surface area (Å²) in [5.41, 5.74) is 3.75. The minimum atomic E-state index is 0.649. The molecule has 0 fully saturated rings. The fourth-order valence-electron chi connectivity index (χ4n) is 1.05. The summed E-state index contributed by atoms with van der Waals surface area (Å²) in [4.78, 5) is 9.20. The van der Waals surface area contributed by atoms with Crippen LogP contribution in [0.1, 0.15) is 0 Å². The van der Waals surface area contributed by atoms with E-state index in [0.29, 0.717) is 6.54 Å². The van der Waals surface area contributed by atoms with Gasteiger partial charge in [-0.05, 0) is 12.1 Å². The molecule has 0 aromatic heterocycles. The second-order valence-corrected chi connectivity index (χ2v) is 2.79. The zero-order chi connectivity index (χ0) is 9.64. The molecule has 1 aliphatic rings. The van der Waals surface area contributed by atoms with E-state index in [9.17, 15) is 0 Å². The van der Waals surface area contributed by atoms with Gasteiger partial charge in [0.1, 0.15) is 0 Å². The minimum absolute atomic E-state index is 0.649. The normalized spacial score (nSPS) is 14.4. The second kappa shape index (κ2) is 4.43. The van der Waals surface area contributed by atoms with Crippen molar-refractivity contribution in [1.82, 2.24) is 5.06 Å². The highest BCUT2D eigenvalue weighted by atomic mass is 16.8. The number of hydroxylamine groups is 2. The van der Waals surface area contributed by atoms with Gasteiger partial charge in [0.2, 0.25) is 0 Å². The van der Waals surface area contributed by atoms with Crippen molar-refractivity contribution in [2.75, 3.05) is 12.0 Å². The van der Waals surface area contributed by atoms with E-state index >= 15 is 0 Å². The van der Waals surface area contributed by atoms with Crippen molar-refractivity contribution >= 4 is 11.9 Å². The Morgan fingerprint density at radius 1 is 1.29 bits per heavy atom. The molecule has 0 aliphatic carbocycles. The van der Waals surface area contributed by atoms with Crippen LogP contribution in [-0.2, 0) is 4.94 Å². The van der Waals surface area contributed by atoms with Crippen molar-refractivity contribution in [3.63, 3.8) is 0 Å². The van der Waals surface area contributed by atoms with E-state index in [1.54, 1.807) is 23.7 Å². The van der Waals surface area contributed by atoms with Gasteiger partial charge in [-0.1, -0.05) is 18.2 Å². The number of hydrogen-bond donors (Lipinski definition) is 1. The summed E-state index contributed by atoms with van der Waals surface area (Å²) in [7, 11) is 0. The maximum atomic E-state index is 5.27. The topological polar surface area (TPSA) is 36.9 Å². The molecule has 0 saturated carbocycles. The lowest BCUT2D eigenvalue weighted by molar-refractivity contribution is -0.0762. The molecular weight excluding hydrogens is 178 g/mol. The van der Waals surface area contributed by atoms with Crippen molar-refractivity contribution in [1.29, 1.82) is 0 Å². The van der Waals surface area contributed by atoms with Crippen molar-refractivity contribution < 1.29 is 4.94 Å². The third kappa shape index (κ3) is 2.34. The number of nitrogens with zero attached hydrogens (tertiary/aromatic N) is 2. The Balaban J connectivity index is 1.83. The number of rotatable bonds is 3. The van der Waals surface area contributed by atoms with E-state index < -0.39 is 0 Å². The van der Waals surface area contributed by atoms with E-state index in [2.05, 4.69) is 10.5 Å². The zero-order valence-corrected chi connectivity index (χ0v) is 7.63. The quantitative estimate of drug-likeness (QED) is 0.737. The number of benzene rings is 1. The summed E-state index contributed by atoms with van der Waals surface area (Å²) in [6.45, 7) is 0.649. The summed E-state index contributed by atoms with van der Waals surface area (Å²) in [6.07, 6.45) is 5.21. The number of anilines is 1. The molecule has 4 nitrogen and oxygen atoms in total. The molecule has 0 atom stereocenters. The van der Waals surface area contributed by atoms with Gasteiger partial charge in [0, 0.05) is 18.6 Å². The van der Waals surface area contributed by atoms with Gasteiger partial charge in [0.15, 0.2) is 0 Å². The lowest BCUT2D eigenvalue weighted by Crippen LogP contribution is -2.24. The second-order valence-electron chi connectivity index (χ2n) is 2.79. The lowest BCUT2D eigenvalue weighted by atomic mass is 10.3. The fraction of sp³-hybridized carbons (Fsp3) is 0.100. The molecule has 0 saturated heterocycles. The predicted molar refractivity (Wildman–Crippen MR) is 55.5 cm³/mol. The van der Waals surface area contributed by atoms with Crippen molar-refractivity contribution in [3.05, 3.63) is 42.7 Å². The van der Waals surface area contributed by atoms with Crippen molar-refractivity contribution in [2.24, 2.45) is 4.99 Å². The monoisotopic (exact) mass is 189 g/mol. The van der Waals surface area contributed by atoms with Crippen LogP contribution in [0.15, 0.2) is 47.7 Å². The number of nitrogens with one attached hydrogen (secondary N) is 1. The number of para-hydroxylation sites is 1. The molecule has 2 rings (SSSR count). The minimum Gasteiger partial charge on any atom is -0.266 e. The van der Waals surface area contributed by atoms with Crippen molar-refractivity contribution in [3.8, 4) is 0 Å². The number of aliphatic imine (C=N–C) groups is 1. The first-order valence-electron chi connectivity index (χ1n) is 4.38. The Labute approximate surface area is 82.4 Å². The first kappa shape index (κ1) is 8.77. The SMILES string of the molecule is C1=CN(ONc2ccccc2)CC=N1. The molecule has 1 aromatic rings. The van der Waals surface area contributed by atoms with Gasteiger partial charge < -0.3 is 0 Å². The van der Waals surface area contributed by atoms with E-state index in [1.807, 2.05) is 30.3 Å². The van der Waals surface area contributed by atoms with Crippen LogP contribution in [0, 0.1) is 0 Å². The molecule has 72 valence electrons. The summed E-state index contributed by atoms with van der Waals surface area (Å²) in [5.74, 6) is 0. The molecular formula is C10H11N3O. The average molecular weight is 189 g/mol. The van der Waals surface area contributed by atoms with Gasteiger partial charge in [-0.3, -0.25) is 4.99 Å². The summed E-state index contributed by atoms with van der Waals surface area (Å²) in [5, 5.41) is 1.65. The summed E-state index contributed by atoms with van der Waals surface area (Å²) >= 11 is 0. The molecule has 14 heavy (non-hydrogen) atoms. The molecule has 1 heterocycles. The highest BCUT2D eigenvalue weighted by Gasteiger charge is 1.99. The highest BCUT2D eigenvalue weighted by Crippen LogP contribution is 2.06. The van der Waals surface area contributed by atoms with Crippen LogP contribution in [0.5, 0.6) is 0 Å². The predicted octanol–water partition coefficient (Wildman–Crippen LogP) is 1.80. The van der Waals surface area contributed by atoms with Crippen LogP contribution in [0.25, 0.3) is 0 Å². The lowest BCUT2D eigenvalue weighted by Gasteiger charge is -2.18. The largest absolute Gasteiger partial charge is 0.266 e. The van der Waals surface area contributed by atoms with Gasteiger partial charge in [-0.15, -0.1) is 0 Å². The van der Waals surface area contributed by atoms with Crippen LogP contribution in [0.4, 0.5) is 5.69 Å². The third-order valence-corrected chi connectivity index (χ3v) is 1.74. The third-order valence-electron chi connectivity index (χ3n) is 1.74. The van der Waals surface area contributed by atoms with Gasteiger partial charge in [0.05, 0.1) is 12.2 Å². The number of hydrogen-bond acceptors (Lipinski definition) is 4. The molecule has 0 bridgehead atoms. The maximum absolute atomic E-state index is 5.27. The highest BCUT2D eigenvalue weighted by molar-refractivity contribution is 5.61. The zero-order valence-electron chi connectivity index (χ0n) is 7.63. The van der Waals surface area contributed by atoms with Crippen LogP contribution >= 0.6 is 0 Å². The Kier molecular flexibility index (Phi) is 2.78. The average Bonchev–Trinajstić information content (AvgIpc) is 2.29. The van der Waals surface area contributed by atoms with Crippen LogP contribution in [-0.4, -0.2) is 17.8 Å². The first-order valence-corrected chi connectivity index (χ1v) is 4.38.